The van der Waals surface area contributed by atoms with Crippen LogP contribution in [0.1, 0.15) is 70.8 Å². The van der Waals surface area contributed by atoms with Gasteiger partial charge in [-0.1, -0.05) is 18.2 Å². The molecule has 2 bridgehead atoms. The highest BCUT2D eigenvalue weighted by Gasteiger charge is 2.42. The smallest absolute Gasteiger partial charge is 0.257 e. The maximum Gasteiger partial charge on any atom is 0.257 e. The Morgan fingerprint density at radius 3 is 2.52 bits per heavy atom. The number of aromatic nitrogens is 3. The van der Waals surface area contributed by atoms with E-state index in [1.807, 2.05) is 30.0 Å². The third-order valence-electron chi connectivity index (χ3n) is 8.41. The first-order valence-corrected chi connectivity index (χ1v) is 15.4. The number of rotatable bonds is 6. The fraction of sp³-hybridized carbons (Fsp3) is 0.500. The summed E-state index contributed by atoms with van der Waals surface area (Å²) in [5.41, 5.74) is 1.09. The largest absolute Gasteiger partial charge is 0.466 e. The molecule has 3 aromatic rings. The van der Waals surface area contributed by atoms with Crippen LogP contribution in [0.2, 0.25) is 0 Å². The molecule has 0 radical (unpaired) electrons. The number of carbonyl (C=O) groups is 4. The van der Waals surface area contributed by atoms with Crippen LogP contribution in [0.4, 0.5) is 0 Å². The number of aryl methyl sites for hydroxylation is 3. The number of benzene rings is 1. The number of carbonyl (C=O) groups excluding carboxylic acids is 4. The van der Waals surface area contributed by atoms with Crippen LogP contribution in [-0.2, 0) is 16.1 Å². The molecule has 0 spiro atoms. The summed E-state index contributed by atoms with van der Waals surface area (Å²) in [6, 6.07) is 9.83. The topological polar surface area (TPSA) is 134 Å². The van der Waals surface area contributed by atoms with Crippen LogP contribution >= 0.6 is 0 Å². The Bertz CT molecular complexity index is 1440. The van der Waals surface area contributed by atoms with Gasteiger partial charge in [-0.25, -0.2) is 4.98 Å². The normalized spacial score (nSPS) is 19.9. The van der Waals surface area contributed by atoms with Gasteiger partial charge in [0.05, 0.1) is 11.6 Å². The van der Waals surface area contributed by atoms with Crippen LogP contribution < -0.4 is 5.32 Å². The van der Waals surface area contributed by atoms with Gasteiger partial charge in [0.2, 0.25) is 11.8 Å². The lowest BCUT2D eigenvalue weighted by Crippen LogP contribution is -2.46. The molecule has 0 saturated carbocycles. The highest BCUT2D eigenvalue weighted by Crippen LogP contribution is 2.26. The van der Waals surface area contributed by atoms with E-state index in [4.69, 9.17) is 4.42 Å². The van der Waals surface area contributed by atoms with Crippen molar-refractivity contribution in [3.63, 3.8) is 0 Å². The number of amides is 4. The van der Waals surface area contributed by atoms with Crippen LogP contribution in [0.5, 0.6) is 0 Å². The molecule has 4 amide bonds. The molecule has 12 heteroatoms. The maximum atomic E-state index is 13.9. The lowest BCUT2D eigenvalue weighted by Gasteiger charge is -2.31. The van der Waals surface area contributed by atoms with Crippen molar-refractivity contribution in [3.05, 3.63) is 71.7 Å². The molecular formula is C32H41N7O5. The van der Waals surface area contributed by atoms with E-state index in [-0.39, 0.29) is 42.6 Å². The van der Waals surface area contributed by atoms with Gasteiger partial charge >= 0.3 is 0 Å². The molecular weight excluding hydrogens is 562 g/mol. The first-order valence-electron chi connectivity index (χ1n) is 15.4. The summed E-state index contributed by atoms with van der Waals surface area (Å²) < 4.78 is 7.30. The summed E-state index contributed by atoms with van der Waals surface area (Å²) in [6.45, 7) is 6.24. The summed E-state index contributed by atoms with van der Waals surface area (Å²) >= 11 is 0. The van der Waals surface area contributed by atoms with E-state index in [0.717, 1.165) is 0 Å². The van der Waals surface area contributed by atoms with Gasteiger partial charge in [-0.3, -0.25) is 23.9 Å². The number of fused-ring (bicyclic) bond motifs is 2. The van der Waals surface area contributed by atoms with Crippen LogP contribution in [0.3, 0.4) is 0 Å². The SMILES string of the molecule is Cc1cc(C(=O)N2CCCCNC(=O)[C@@H]3C[C@@H](CN3C(=O)CCCn3cncn3)N(C(=O)c3ccccc3)CCC2)c(C)o1. The van der Waals surface area contributed by atoms with Gasteiger partial charge in [0, 0.05) is 51.3 Å². The highest BCUT2D eigenvalue weighted by molar-refractivity contribution is 5.96. The summed E-state index contributed by atoms with van der Waals surface area (Å²) in [7, 11) is 0. The number of furan rings is 1. The van der Waals surface area contributed by atoms with E-state index < -0.39 is 6.04 Å². The Morgan fingerprint density at radius 1 is 1.00 bits per heavy atom. The maximum absolute atomic E-state index is 13.9. The molecule has 2 fully saturated rings. The van der Waals surface area contributed by atoms with E-state index >= 15 is 0 Å². The van der Waals surface area contributed by atoms with Gasteiger partial charge in [0.25, 0.3) is 11.8 Å². The van der Waals surface area contributed by atoms with Crippen LogP contribution in [0, 0.1) is 13.8 Å². The molecule has 4 heterocycles. The molecule has 2 aromatic heterocycles. The number of nitrogens with one attached hydrogen (secondary N) is 1. The third-order valence-corrected chi connectivity index (χ3v) is 8.41. The van der Waals surface area contributed by atoms with Crippen molar-refractivity contribution >= 4 is 23.6 Å². The second-order valence-corrected chi connectivity index (χ2v) is 11.5. The van der Waals surface area contributed by atoms with Gasteiger partial charge in [-0.2, -0.15) is 5.10 Å². The fourth-order valence-electron chi connectivity index (χ4n) is 6.16. The molecule has 12 nitrogen and oxygen atoms in total. The molecule has 1 aromatic carbocycles. The molecule has 2 saturated heterocycles. The zero-order chi connectivity index (χ0) is 31.1. The van der Waals surface area contributed by atoms with Crippen molar-refractivity contribution < 1.29 is 23.6 Å². The lowest BCUT2D eigenvalue weighted by molar-refractivity contribution is -0.138. The van der Waals surface area contributed by atoms with Gasteiger partial charge in [-0.15, -0.1) is 0 Å². The Kier molecular flexibility index (Phi) is 10.1. The van der Waals surface area contributed by atoms with Crippen LogP contribution in [0.25, 0.3) is 0 Å². The van der Waals surface area contributed by atoms with E-state index in [9.17, 15) is 19.2 Å². The standard InChI is InChI=1S/C32H41N7O5/c1-23-18-27(24(2)44-23)32(43)36-14-7-6-13-34-30(41)28-19-26(20-39(28)29(40)12-8-16-37-22-33-21-35-37)38(17-9-15-36)31(42)25-10-4-3-5-11-25/h3-5,10-11,18,21-22,26,28H,6-9,12-17,19-20H2,1-2H3,(H,34,41)/t26-,28-/m0/s1. The molecule has 5 rings (SSSR count). The monoisotopic (exact) mass is 603 g/mol. The average Bonchev–Trinajstić information content (AvgIpc) is 3.78. The quantitative estimate of drug-likeness (QED) is 0.458. The van der Waals surface area contributed by atoms with Crippen molar-refractivity contribution in [2.75, 3.05) is 32.7 Å². The van der Waals surface area contributed by atoms with Gasteiger partial charge < -0.3 is 24.4 Å². The minimum absolute atomic E-state index is 0.0972. The van der Waals surface area contributed by atoms with Gasteiger partial charge in [-0.05, 0) is 64.2 Å². The molecule has 0 unspecified atom stereocenters. The molecule has 44 heavy (non-hydrogen) atoms. The minimum Gasteiger partial charge on any atom is -0.466 e. The summed E-state index contributed by atoms with van der Waals surface area (Å²) in [4.78, 5) is 63.5. The molecule has 1 N–H and O–H groups in total. The van der Waals surface area contributed by atoms with E-state index in [1.54, 1.807) is 45.9 Å². The van der Waals surface area contributed by atoms with Crippen LogP contribution in [0.15, 0.2) is 53.5 Å². The van der Waals surface area contributed by atoms with Crippen molar-refractivity contribution in [1.82, 2.24) is 34.8 Å². The predicted molar refractivity (Wildman–Crippen MR) is 162 cm³/mol. The lowest BCUT2D eigenvalue weighted by atomic mass is 10.1. The average molecular weight is 604 g/mol. The predicted octanol–water partition coefficient (Wildman–Crippen LogP) is 2.82. The van der Waals surface area contributed by atoms with E-state index in [0.29, 0.717) is 87.5 Å². The van der Waals surface area contributed by atoms with Crippen molar-refractivity contribution in [3.8, 4) is 0 Å². The number of hydrogen-bond acceptors (Lipinski definition) is 7. The Morgan fingerprint density at radius 2 is 1.80 bits per heavy atom. The molecule has 234 valence electrons. The molecule has 2 atom stereocenters. The van der Waals surface area contributed by atoms with Crippen molar-refractivity contribution in [2.45, 2.75) is 71.0 Å². The molecule has 2 aliphatic heterocycles. The first kappa shape index (κ1) is 31.0. The zero-order valence-corrected chi connectivity index (χ0v) is 25.5. The van der Waals surface area contributed by atoms with Crippen molar-refractivity contribution in [2.24, 2.45) is 0 Å². The Balaban J connectivity index is 1.36. The van der Waals surface area contributed by atoms with E-state index in [1.165, 1.54) is 6.33 Å². The summed E-state index contributed by atoms with van der Waals surface area (Å²) in [5, 5.41) is 7.11. The second kappa shape index (κ2) is 14.3. The van der Waals surface area contributed by atoms with Gasteiger partial charge in [0.15, 0.2) is 0 Å². The summed E-state index contributed by atoms with van der Waals surface area (Å²) in [6.07, 6.45) is 6.19. The van der Waals surface area contributed by atoms with E-state index in [2.05, 4.69) is 15.4 Å². The highest BCUT2D eigenvalue weighted by atomic mass is 16.3. The Labute approximate surface area is 257 Å². The number of hydrogen-bond donors (Lipinski definition) is 1. The van der Waals surface area contributed by atoms with Crippen molar-refractivity contribution in [1.29, 1.82) is 0 Å². The minimum atomic E-state index is -0.654. The Hall–Kier alpha value is -4.48. The van der Waals surface area contributed by atoms with Crippen LogP contribution in [-0.4, -0.2) is 97.9 Å². The molecule has 0 aliphatic carbocycles. The first-order chi connectivity index (χ1) is 21.3. The fourth-order valence-corrected chi connectivity index (χ4v) is 6.16. The third kappa shape index (κ3) is 7.35. The number of likely N-dealkylation sites (tertiary alicyclic amines) is 1. The molecule has 2 aliphatic rings. The zero-order valence-electron chi connectivity index (χ0n) is 25.5. The second-order valence-electron chi connectivity index (χ2n) is 11.5. The number of nitrogens with zero attached hydrogens (tertiary/aromatic N) is 6. The van der Waals surface area contributed by atoms with Gasteiger partial charge in [0.1, 0.15) is 30.2 Å². The summed E-state index contributed by atoms with van der Waals surface area (Å²) in [5.74, 6) is 0.693.